The van der Waals surface area contributed by atoms with Crippen LogP contribution in [0, 0.1) is 0 Å². The molecular formula is C21H17BrN4O. The van der Waals surface area contributed by atoms with Crippen LogP contribution in [0.5, 0.6) is 5.75 Å². The van der Waals surface area contributed by atoms with Crippen molar-refractivity contribution in [1.82, 2.24) is 14.8 Å². The maximum absolute atomic E-state index is 5.26. The van der Waals surface area contributed by atoms with Gasteiger partial charge in [-0.15, -0.1) is 0 Å². The Kier molecular flexibility index (Phi) is 4.89. The van der Waals surface area contributed by atoms with Crippen molar-refractivity contribution >= 4 is 27.4 Å². The third-order valence-electron chi connectivity index (χ3n) is 4.09. The lowest BCUT2D eigenvalue weighted by Gasteiger charge is -2.11. The summed E-state index contributed by atoms with van der Waals surface area (Å²) in [4.78, 5) is 4.42. The summed E-state index contributed by atoms with van der Waals surface area (Å²) in [6, 6.07) is 23.5. The second-order valence-corrected chi connectivity index (χ2v) is 6.70. The first kappa shape index (κ1) is 17.3. The minimum Gasteiger partial charge on any atom is -0.497 e. The Balaban J connectivity index is 1.79. The van der Waals surface area contributed by atoms with Crippen LogP contribution in [0.4, 0.5) is 11.5 Å². The van der Waals surface area contributed by atoms with Gasteiger partial charge in [0.15, 0.2) is 0 Å². The molecule has 4 aromatic rings. The fourth-order valence-electron chi connectivity index (χ4n) is 2.73. The average molecular weight is 421 g/mol. The van der Waals surface area contributed by atoms with E-state index in [2.05, 4.69) is 26.2 Å². The first-order valence-electron chi connectivity index (χ1n) is 8.42. The third kappa shape index (κ3) is 3.71. The topological polar surface area (TPSA) is 52.0 Å². The number of ether oxygens (including phenoxy) is 1. The van der Waals surface area contributed by atoms with Crippen molar-refractivity contribution in [1.29, 1.82) is 0 Å². The smallest absolute Gasteiger partial charge is 0.134 e. The molecular weight excluding hydrogens is 404 g/mol. The number of pyridine rings is 1. The fourth-order valence-corrected chi connectivity index (χ4v) is 3.11. The summed E-state index contributed by atoms with van der Waals surface area (Å²) in [6.07, 6.45) is 1.77. The summed E-state index contributed by atoms with van der Waals surface area (Å²) >= 11 is 3.58. The van der Waals surface area contributed by atoms with Crippen LogP contribution in [0.3, 0.4) is 0 Å². The van der Waals surface area contributed by atoms with Gasteiger partial charge >= 0.3 is 0 Å². The van der Waals surface area contributed by atoms with Crippen LogP contribution in [0.15, 0.2) is 83.5 Å². The number of hydrogen-bond donors (Lipinski definition) is 1. The minimum atomic E-state index is 0.793. The van der Waals surface area contributed by atoms with E-state index < -0.39 is 0 Å². The molecule has 0 aliphatic heterocycles. The van der Waals surface area contributed by atoms with Crippen molar-refractivity contribution < 1.29 is 4.74 Å². The lowest BCUT2D eigenvalue weighted by Crippen LogP contribution is -2.03. The number of hydrogen-bond acceptors (Lipinski definition) is 4. The molecule has 4 rings (SSSR count). The largest absolute Gasteiger partial charge is 0.497 e. The Morgan fingerprint density at radius 1 is 0.926 bits per heavy atom. The van der Waals surface area contributed by atoms with Gasteiger partial charge in [-0.1, -0.05) is 18.2 Å². The van der Waals surface area contributed by atoms with Gasteiger partial charge in [-0.05, 0) is 64.5 Å². The number of nitrogens with zero attached hydrogens (tertiary/aromatic N) is 3. The number of methoxy groups -OCH3 is 1. The molecule has 0 saturated carbocycles. The first-order chi connectivity index (χ1) is 13.2. The molecule has 2 heterocycles. The van der Waals surface area contributed by atoms with Crippen LogP contribution in [-0.2, 0) is 0 Å². The van der Waals surface area contributed by atoms with Crippen molar-refractivity contribution in [2.24, 2.45) is 0 Å². The molecule has 2 aromatic carbocycles. The summed E-state index contributed by atoms with van der Waals surface area (Å²) in [5, 5.41) is 8.22. The number of benzene rings is 2. The van der Waals surface area contributed by atoms with Crippen LogP contribution < -0.4 is 10.1 Å². The molecule has 0 fully saturated rings. The highest BCUT2D eigenvalue weighted by molar-refractivity contribution is 9.10. The van der Waals surface area contributed by atoms with Gasteiger partial charge in [0.05, 0.1) is 24.2 Å². The van der Waals surface area contributed by atoms with E-state index in [-0.39, 0.29) is 0 Å². The fraction of sp³-hybridized carbons (Fsp3) is 0.0476. The quantitative estimate of drug-likeness (QED) is 0.466. The first-order valence-corrected chi connectivity index (χ1v) is 9.21. The van der Waals surface area contributed by atoms with Gasteiger partial charge in [0.2, 0.25) is 0 Å². The van der Waals surface area contributed by atoms with E-state index in [1.165, 1.54) is 0 Å². The Labute approximate surface area is 165 Å². The van der Waals surface area contributed by atoms with Gasteiger partial charge in [0, 0.05) is 16.7 Å². The average Bonchev–Trinajstić information content (AvgIpc) is 3.14. The summed E-state index contributed by atoms with van der Waals surface area (Å²) in [6.45, 7) is 0. The van der Waals surface area contributed by atoms with Gasteiger partial charge in [0.1, 0.15) is 17.3 Å². The summed E-state index contributed by atoms with van der Waals surface area (Å²) < 4.78 is 8.10. The number of nitrogens with one attached hydrogen (secondary N) is 1. The molecule has 0 amide bonds. The van der Waals surface area contributed by atoms with Gasteiger partial charge < -0.3 is 10.1 Å². The highest BCUT2D eigenvalue weighted by atomic mass is 79.9. The molecule has 27 heavy (non-hydrogen) atoms. The molecule has 0 aliphatic carbocycles. The number of aromatic nitrogens is 3. The number of anilines is 2. The molecule has 134 valence electrons. The van der Waals surface area contributed by atoms with Crippen LogP contribution in [0.1, 0.15) is 0 Å². The molecule has 6 heteroatoms. The molecule has 0 spiro atoms. The second-order valence-electron chi connectivity index (χ2n) is 5.84. The van der Waals surface area contributed by atoms with Crippen molar-refractivity contribution in [2.75, 3.05) is 12.4 Å². The van der Waals surface area contributed by atoms with E-state index >= 15 is 0 Å². The van der Waals surface area contributed by atoms with Crippen LogP contribution in [0.25, 0.3) is 17.1 Å². The van der Waals surface area contributed by atoms with Crippen molar-refractivity contribution in [3.8, 4) is 22.8 Å². The minimum absolute atomic E-state index is 0.793. The number of halogens is 1. The van der Waals surface area contributed by atoms with E-state index in [0.717, 1.165) is 38.8 Å². The molecule has 0 radical (unpaired) electrons. The van der Waals surface area contributed by atoms with Crippen LogP contribution in [-0.4, -0.2) is 21.9 Å². The van der Waals surface area contributed by atoms with Crippen LogP contribution >= 0.6 is 15.9 Å². The molecule has 5 nitrogen and oxygen atoms in total. The lowest BCUT2D eigenvalue weighted by molar-refractivity contribution is 0.414. The van der Waals surface area contributed by atoms with E-state index in [1.807, 2.05) is 77.5 Å². The molecule has 2 aromatic heterocycles. The number of rotatable bonds is 5. The Hall–Kier alpha value is -3.12. The standard InChI is InChI=1S/C21H17BrN4O/c1-27-16-11-9-15(10-12-16)26-21(24-18-7-3-2-6-17(18)22)14-20(25-26)19-8-4-5-13-23-19/h2-14,24H,1H3. The predicted molar refractivity (Wildman–Crippen MR) is 111 cm³/mol. The van der Waals surface area contributed by atoms with Crippen molar-refractivity contribution in [2.45, 2.75) is 0 Å². The van der Waals surface area contributed by atoms with Crippen molar-refractivity contribution in [3.63, 3.8) is 0 Å². The zero-order valence-electron chi connectivity index (χ0n) is 14.6. The highest BCUT2D eigenvalue weighted by Crippen LogP contribution is 2.30. The van der Waals surface area contributed by atoms with Gasteiger partial charge in [-0.25, -0.2) is 4.68 Å². The number of para-hydroxylation sites is 1. The molecule has 0 bridgehead atoms. The SMILES string of the molecule is COc1ccc(-n2nc(-c3ccccn3)cc2Nc2ccccc2Br)cc1. The molecule has 0 atom stereocenters. The van der Waals surface area contributed by atoms with Crippen LogP contribution in [0.2, 0.25) is 0 Å². The normalized spacial score (nSPS) is 10.6. The summed E-state index contributed by atoms with van der Waals surface area (Å²) in [5.41, 5.74) is 3.49. The Morgan fingerprint density at radius 2 is 1.70 bits per heavy atom. The Morgan fingerprint density at radius 3 is 2.41 bits per heavy atom. The maximum atomic E-state index is 5.26. The zero-order chi connectivity index (χ0) is 18.6. The van der Waals surface area contributed by atoms with E-state index in [9.17, 15) is 0 Å². The zero-order valence-corrected chi connectivity index (χ0v) is 16.2. The van der Waals surface area contributed by atoms with E-state index in [0.29, 0.717) is 0 Å². The van der Waals surface area contributed by atoms with Gasteiger partial charge in [-0.3, -0.25) is 4.98 Å². The highest BCUT2D eigenvalue weighted by Gasteiger charge is 2.13. The molecule has 0 aliphatic rings. The van der Waals surface area contributed by atoms with Gasteiger partial charge in [0.25, 0.3) is 0 Å². The predicted octanol–water partition coefficient (Wildman–Crippen LogP) is 5.45. The van der Waals surface area contributed by atoms with Crippen molar-refractivity contribution in [3.05, 3.63) is 83.5 Å². The van der Waals surface area contributed by atoms with Gasteiger partial charge in [-0.2, -0.15) is 5.10 Å². The van der Waals surface area contributed by atoms with E-state index in [4.69, 9.17) is 9.84 Å². The third-order valence-corrected chi connectivity index (χ3v) is 4.78. The Bertz CT molecular complexity index is 1050. The monoisotopic (exact) mass is 420 g/mol. The second kappa shape index (κ2) is 7.63. The molecule has 1 N–H and O–H groups in total. The maximum Gasteiger partial charge on any atom is 0.134 e. The lowest BCUT2D eigenvalue weighted by atomic mass is 10.2. The summed E-state index contributed by atoms with van der Waals surface area (Å²) in [7, 11) is 1.65. The summed E-state index contributed by atoms with van der Waals surface area (Å²) in [5.74, 6) is 1.64. The molecule has 0 unspecified atom stereocenters. The van der Waals surface area contributed by atoms with E-state index in [1.54, 1.807) is 13.3 Å². The molecule has 0 saturated heterocycles.